The molecule has 2 nitrogen and oxygen atoms in total. The summed E-state index contributed by atoms with van der Waals surface area (Å²) in [7, 11) is 0. The predicted octanol–water partition coefficient (Wildman–Crippen LogP) is 10.4. The summed E-state index contributed by atoms with van der Waals surface area (Å²) in [5.74, 6) is 0. The van der Waals surface area contributed by atoms with Crippen LogP contribution in [-0.4, -0.2) is 0 Å². The number of hydrogen-bond donors (Lipinski definition) is 0. The van der Waals surface area contributed by atoms with Gasteiger partial charge in [0.2, 0.25) is 0 Å². The van der Waals surface area contributed by atoms with Crippen LogP contribution in [0.5, 0.6) is 0 Å². The van der Waals surface area contributed by atoms with Crippen molar-refractivity contribution in [3.8, 4) is 17.2 Å². The van der Waals surface area contributed by atoms with Gasteiger partial charge in [-0.1, -0.05) is 133 Å². The number of benzene rings is 6. The monoisotopic (exact) mass is 508 g/mol. The van der Waals surface area contributed by atoms with Crippen molar-refractivity contribution in [3.05, 3.63) is 161 Å². The average molecular weight is 509 g/mol. The first-order valence-electron chi connectivity index (χ1n) is 13.1. The maximum atomic E-state index is 9.07. The largest absolute Gasteiger partial charge is 0.238 e. The van der Waals surface area contributed by atoms with Gasteiger partial charge in [-0.05, 0) is 67.1 Å². The second-order valence-electron chi connectivity index (χ2n) is 9.60. The fraction of sp³-hybridized carbons (Fsp3) is 0. The van der Waals surface area contributed by atoms with Crippen LogP contribution in [0.3, 0.4) is 0 Å². The van der Waals surface area contributed by atoms with Crippen molar-refractivity contribution in [1.29, 1.82) is 5.26 Å². The summed E-state index contributed by atoms with van der Waals surface area (Å²) >= 11 is 0. The van der Waals surface area contributed by atoms with Gasteiger partial charge in [0.25, 0.3) is 0 Å². The van der Waals surface area contributed by atoms with Crippen molar-refractivity contribution >= 4 is 51.5 Å². The number of hydrogen-bond acceptors (Lipinski definition) is 1. The first-order chi connectivity index (χ1) is 19.7. The second-order valence-corrected chi connectivity index (χ2v) is 9.60. The van der Waals surface area contributed by atoms with Gasteiger partial charge < -0.3 is 0 Å². The third kappa shape index (κ3) is 4.91. The van der Waals surface area contributed by atoms with E-state index < -0.39 is 0 Å². The summed E-state index contributed by atoms with van der Waals surface area (Å²) in [5, 5.41) is 13.9. The molecule has 0 aromatic heterocycles. The second kappa shape index (κ2) is 11.0. The minimum absolute atomic E-state index is 0.648. The molecule has 6 aromatic carbocycles. The fourth-order valence-corrected chi connectivity index (χ4v) is 5.11. The number of nitrogens with zero attached hydrogens (tertiary/aromatic N) is 2. The van der Waals surface area contributed by atoms with Crippen LogP contribution in [0, 0.1) is 17.9 Å². The molecule has 40 heavy (non-hydrogen) atoms. The van der Waals surface area contributed by atoms with Crippen molar-refractivity contribution in [2.45, 2.75) is 0 Å². The van der Waals surface area contributed by atoms with E-state index in [0.717, 1.165) is 22.3 Å². The Labute approximate surface area is 234 Å². The van der Waals surface area contributed by atoms with Gasteiger partial charge in [-0.3, -0.25) is 0 Å². The summed E-state index contributed by atoms with van der Waals surface area (Å²) in [5.41, 5.74) is 8.14. The molecule has 0 radical (unpaired) electrons. The van der Waals surface area contributed by atoms with Crippen molar-refractivity contribution in [2.24, 2.45) is 0 Å². The molecule has 0 amide bonds. The molecule has 0 saturated heterocycles. The summed E-state index contributed by atoms with van der Waals surface area (Å²) in [6.07, 6.45) is 8.48. The van der Waals surface area contributed by atoms with Crippen LogP contribution in [0.1, 0.15) is 27.8 Å². The zero-order chi connectivity index (χ0) is 27.3. The third-order valence-electron chi connectivity index (χ3n) is 7.18. The molecule has 6 aromatic rings. The van der Waals surface area contributed by atoms with Crippen molar-refractivity contribution in [2.75, 3.05) is 0 Å². The van der Waals surface area contributed by atoms with E-state index in [1.807, 2.05) is 48.5 Å². The molecular weight excluding hydrogens is 484 g/mol. The van der Waals surface area contributed by atoms with Crippen molar-refractivity contribution in [3.63, 3.8) is 0 Å². The van der Waals surface area contributed by atoms with E-state index in [-0.39, 0.29) is 0 Å². The van der Waals surface area contributed by atoms with Gasteiger partial charge >= 0.3 is 0 Å². The number of fused-ring (bicyclic) bond motifs is 2. The van der Waals surface area contributed by atoms with Crippen molar-refractivity contribution in [1.82, 2.24) is 0 Å². The van der Waals surface area contributed by atoms with Crippen LogP contribution in [0.4, 0.5) is 5.69 Å². The summed E-state index contributed by atoms with van der Waals surface area (Å²) in [4.78, 5) is 3.48. The highest BCUT2D eigenvalue weighted by Crippen LogP contribution is 2.37. The van der Waals surface area contributed by atoms with E-state index in [2.05, 4.69) is 108 Å². The molecule has 0 fully saturated rings. The highest BCUT2D eigenvalue weighted by molar-refractivity contribution is 6.09. The maximum Gasteiger partial charge on any atom is 0.187 e. The van der Waals surface area contributed by atoms with Gasteiger partial charge in [-0.2, -0.15) is 5.26 Å². The normalized spacial score (nSPS) is 11.2. The standard InChI is InChI=1S/C38H24N2/c1-40-32-22-16-28(17-23-32)15-19-31-21-25-38(36-9-5-3-7-34(31)36)37-24-20-30(33-6-2-4-8-35(33)37)18-14-27-10-12-29(26-39)13-11-27/h2-25H. The predicted molar refractivity (Wildman–Crippen MR) is 169 cm³/mol. The van der Waals surface area contributed by atoms with Gasteiger partial charge in [0.15, 0.2) is 5.69 Å². The van der Waals surface area contributed by atoms with Crippen LogP contribution in [0.15, 0.2) is 121 Å². The minimum Gasteiger partial charge on any atom is -0.238 e. The SMILES string of the molecule is [C-]#[N+]c1ccc(C=Cc2ccc(-c3ccc(C=Cc4ccc(C#N)cc4)c4ccccc34)c3ccccc23)cc1. The van der Waals surface area contributed by atoms with Crippen LogP contribution in [0.25, 0.3) is 61.8 Å². The van der Waals surface area contributed by atoms with Gasteiger partial charge in [-0.15, -0.1) is 0 Å². The molecule has 0 spiro atoms. The molecule has 0 heterocycles. The zero-order valence-electron chi connectivity index (χ0n) is 21.8. The third-order valence-corrected chi connectivity index (χ3v) is 7.18. The lowest BCUT2D eigenvalue weighted by molar-refractivity contribution is 1.48. The molecule has 0 aliphatic heterocycles. The number of rotatable bonds is 5. The Balaban J connectivity index is 1.40. The topological polar surface area (TPSA) is 28.1 Å². The smallest absolute Gasteiger partial charge is 0.187 e. The summed E-state index contributed by atoms with van der Waals surface area (Å²) in [6, 6.07) is 43.4. The van der Waals surface area contributed by atoms with E-state index >= 15 is 0 Å². The fourth-order valence-electron chi connectivity index (χ4n) is 5.11. The Morgan fingerprint density at radius 2 is 0.950 bits per heavy atom. The van der Waals surface area contributed by atoms with Gasteiger partial charge in [0.05, 0.1) is 18.2 Å². The Morgan fingerprint density at radius 3 is 1.40 bits per heavy atom. The molecule has 6 rings (SSSR count). The maximum absolute atomic E-state index is 9.07. The molecule has 0 unspecified atom stereocenters. The molecule has 0 bridgehead atoms. The summed E-state index contributed by atoms with van der Waals surface area (Å²) < 4.78 is 0. The first-order valence-corrected chi connectivity index (χ1v) is 13.1. The van der Waals surface area contributed by atoms with Crippen LogP contribution in [0.2, 0.25) is 0 Å². The lowest BCUT2D eigenvalue weighted by atomic mass is 9.90. The van der Waals surface area contributed by atoms with E-state index in [9.17, 15) is 0 Å². The van der Waals surface area contributed by atoms with Crippen LogP contribution < -0.4 is 0 Å². The van der Waals surface area contributed by atoms with Crippen molar-refractivity contribution < 1.29 is 0 Å². The molecule has 0 atom stereocenters. The van der Waals surface area contributed by atoms with Gasteiger partial charge in [0.1, 0.15) is 0 Å². The molecule has 2 heteroatoms. The zero-order valence-corrected chi connectivity index (χ0v) is 21.8. The lowest BCUT2D eigenvalue weighted by Crippen LogP contribution is -1.88. The highest BCUT2D eigenvalue weighted by Gasteiger charge is 2.11. The molecule has 0 aliphatic carbocycles. The molecule has 0 saturated carbocycles. The quantitative estimate of drug-likeness (QED) is 0.168. The Bertz CT molecular complexity index is 1850. The summed E-state index contributed by atoms with van der Waals surface area (Å²) in [6.45, 7) is 7.16. The van der Waals surface area contributed by atoms with E-state index in [4.69, 9.17) is 11.8 Å². The molecule has 186 valence electrons. The number of nitriles is 1. The average Bonchev–Trinajstić information content (AvgIpc) is 3.03. The lowest BCUT2D eigenvalue weighted by Gasteiger charge is -2.14. The Morgan fingerprint density at radius 1 is 0.500 bits per heavy atom. The Kier molecular flexibility index (Phi) is 6.75. The Hall–Kier alpha value is -5.70. The first kappa shape index (κ1) is 24.6. The molecule has 0 N–H and O–H groups in total. The van der Waals surface area contributed by atoms with E-state index in [1.165, 1.54) is 32.7 Å². The van der Waals surface area contributed by atoms with Gasteiger partial charge in [-0.25, -0.2) is 4.85 Å². The molecule has 0 aliphatic rings. The minimum atomic E-state index is 0.648. The van der Waals surface area contributed by atoms with Crippen LogP contribution in [-0.2, 0) is 0 Å². The van der Waals surface area contributed by atoms with Gasteiger partial charge in [0, 0.05) is 0 Å². The van der Waals surface area contributed by atoms with E-state index in [1.54, 1.807) is 0 Å². The molecular formula is C38H24N2. The van der Waals surface area contributed by atoms with Crippen LogP contribution >= 0.6 is 0 Å². The van der Waals surface area contributed by atoms with E-state index in [0.29, 0.717) is 11.3 Å². The highest BCUT2D eigenvalue weighted by atomic mass is 14.6.